The van der Waals surface area contributed by atoms with Crippen molar-refractivity contribution in [2.75, 3.05) is 44.6 Å². The molecule has 3 aliphatic rings. The number of imidazole rings is 1. The molecule has 0 atom stereocenters. The van der Waals surface area contributed by atoms with Gasteiger partial charge in [-0.05, 0) is 63.4 Å². The van der Waals surface area contributed by atoms with Gasteiger partial charge in [0.15, 0.2) is 11.5 Å². The summed E-state index contributed by atoms with van der Waals surface area (Å²) in [4.78, 5) is 46.8. The minimum Gasteiger partial charge on any atom is -0.339 e. The van der Waals surface area contributed by atoms with Gasteiger partial charge >= 0.3 is 6.18 Å². The van der Waals surface area contributed by atoms with Crippen LogP contribution in [0.25, 0.3) is 11.3 Å². The molecule has 248 valence electrons. The molecule has 46 heavy (non-hydrogen) atoms. The lowest BCUT2D eigenvalue weighted by Gasteiger charge is -2.37. The number of amides is 3. The van der Waals surface area contributed by atoms with Gasteiger partial charge in [-0.15, -0.1) is 12.4 Å². The zero-order valence-electron chi connectivity index (χ0n) is 25.1. The molecule has 16 heteroatoms. The summed E-state index contributed by atoms with van der Waals surface area (Å²) in [5, 5.41) is 9.88. The number of nitrogens with zero attached hydrogens (tertiary/aromatic N) is 6. The van der Waals surface area contributed by atoms with Crippen molar-refractivity contribution in [2.45, 2.75) is 44.3 Å². The Kier molecular flexibility index (Phi) is 9.99. The topological polar surface area (TPSA) is 117 Å². The van der Waals surface area contributed by atoms with Gasteiger partial charge in [-0.2, -0.15) is 18.3 Å². The molecule has 2 aliphatic heterocycles. The highest BCUT2D eigenvalue weighted by molar-refractivity contribution is 6.34. The summed E-state index contributed by atoms with van der Waals surface area (Å²) >= 11 is 6.47. The largest absolute Gasteiger partial charge is 0.435 e. The zero-order chi connectivity index (χ0) is 31.9. The number of piperazine rings is 1. The summed E-state index contributed by atoms with van der Waals surface area (Å²) in [5.41, 5.74) is -0.515. The van der Waals surface area contributed by atoms with Crippen LogP contribution in [0.4, 0.5) is 18.9 Å². The minimum atomic E-state index is -4.68. The molecule has 2 saturated heterocycles. The highest BCUT2D eigenvalue weighted by atomic mass is 35.5. The molecule has 6 rings (SSSR count). The van der Waals surface area contributed by atoms with Crippen LogP contribution in [0.1, 0.15) is 64.8 Å². The van der Waals surface area contributed by atoms with Crippen LogP contribution in [0.15, 0.2) is 30.6 Å². The number of hydrogen-bond acceptors (Lipinski definition) is 6. The Morgan fingerprint density at radius 3 is 2.30 bits per heavy atom. The monoisotopic (exact) mass is 682 g/mol. The number of nitrogens with one attached hydrogen (secondary N) is 2. The fraction of sp³-hybridized carbons (Fsp3) is 0.500. The van der Waals surface area contributed by atoms with Crippen LogP contribution in [0, 0.1) is 5.92 Å². The number of carbonyl (C=O) groups excluding carboxylic acids is 3. The molecule has 3 amide bonds. The molecular weight excluding hydrogens is 648 g/mol. The number of rotatable bonds is 6. The van der Waals surface area contributed by atoms with Gasteiger partial charge in [-0.25, -0.2) is 4.98 Å². The van der Waals surface area contributed by atoms with E-state index < -0.39 is 17.8 Å². The maximum absolute atomic E-state index is 13.8. The van der Waals surface area contributed by atoms with Crippen LogP contribution < -0.4 is 10.6 Å². The van der Waals surface area contributed by atoms with Crippen molar-refractivity contribution in [3.63, 3.8) is 0 Å². The van der Waals surface area contributed by atoms with Crippen LogP contribution in [0.2, 0.25) is 5.02 Å². The second-order valence-corrected chi connectivity index (χ2v) is 12.2. The molecule has 3 aromatic rings. The number of piperidine rings is 1. The highest BCUT2D eigenvalue weighted by Crippen LogP contribution is 2.39. The van der Waals surface area contributed by atoms with E-state index in [0.29, 0.717) is 26.2 Å². The van der Waals surface area contributed by atoms with Crippen LogP contribution in [-0.4, -0.2) is 86.1 Å². The maximum atomic E-state index is 13.8. The fourth-order valence-electron chi connectivity index (χ4n) is 6.08. The van der Waals surface area contributed by atoms with Crippen molar-refractivity contribution in [3.8, 4) is 11.3 Å². The Morgan fingerprint density at radius 1 is 1.02 bits per heavy atom. The minimum absolute atomic E-state index is 0. The Balaban J connectivity index is 0.00000417. The molecule has 0 unspecified atom stereocenters. The van der Waals surface area contributed by atoms with Crippen molar-refractivity contribution in [3.05, 3.63) is 52.7 Å². The lowest BCUT2D eigenvalue weighted by Crippen LogP contribution is -2.52. The van der Waals surface area contributed by atoms with Gasteiger partial charge < -0.3 is 25.0 Å². The average molecular weight is 684 g/mol. The summed E-state index contributed by atoms with van der Waals surface area (Å²) < 4.78 is 44.2. The van der Waals surface area contributed by atoms with Gasteiger partial charge in [0.05, 0.1) is 34.1 Å². The summed E-state index contributed by atoms with van der Waals surface area (Å²) in [6.45, 7) is 3.36. The van der Waals surface area contributed by atoms with E-state index in [-0.39, 0.29) is 69.5 Å². The molecule has 1 saturated carbocycles. The van der Waals surface area contributed by atoms with E-state index in [1.165, 1.54) is 46.9 Å². The average Bonchev–Trinajstić information content (AvgIpc) is 3.60. The molecule has 3 fully saturated rings. The first kappa shape index (κ1) is 33.7. The number of halogens is 5. The van der Waals surface area contributed by atoms with Crippen LogP contribution >= 0.6 is 24.0 Å². The lowest BCUT2D eigenvalue weighted by molar-refractivity contribution is -0.141. The second-order valence-electron chi connectivity index (χ2n) is 11.8. The van der Waals surface area contributed by atoms with E-state index in [1.54, 1.807) is 4.90 Å². The first-order valence-corrected chi connectivity index (χ1v) is 15.5. The van der Waals surface area contributed by atoms with E-state index >= 15 is 0 Å². The Hall–Kier alpha value is -3.62. The predicted molar refractivity (Wildman–Crippen MR) is 167 cm³/mol. The maximum Gasteiger partial charge on any atom is 0.435 e. The fourth-order valence-corrected chi connectivity index (χ4v) is 6.34. The quantitative estimate of drug-likeness (QED) is 0.391. The van der Waals surface area contributed by atoms with Gasteiger partial charge in [-0.3, -0.25) is 19.1 Å². The summed E-state index contributed by atoms with van der Waals surface area (Å²) in [6.07, 6.45) is 2.03. The standard InChI is InChI=1S/C30H34ClF3N8O3.ClH/c1-39-24(22-17-42(20-3-2-4-20)38-25(22)30(32,33)34)16-36-26(39)27(43)37-19-5-6-21(23(31)15-19)29(45)41-13-11-40(12-14-41)28(44)18-7-9-35-10-8-18;/h5-6,15-18,20,35H,2-4,7-14H2,1H3,(H,37,43);1H. The van der Waals surface area contributed by atoms with Crippen LogP contribution in [0.5, 0.6) is 0 Å². The van der Waals surface area contributed by atoms with E-state index in [2.05, 4.69) is 20.7 Å². The number of anilines is 1. The smallest absolute Gasteiger partial charge is 0.339 e. The number of carbonyl (C=O) groups is 3. The van der Waals surface area contributed by atoms with Crippen molar-refractivity contribution in [1.29, 1.82) is 0 Å². The molecule has 2 aromatic heterocycles. The van der Waals surface area contributed by atoms with Gasteiger partial charge in [0.1, 0.15) is 0 Å². The predicted octanol–water partition coefficient (Wildman–Crippen LogP) is 4.64. The van der Waals surface area contributed by atoms with Gasteiger partial charge in [-0.1, -0.05) is 11.6 Å². The van der Waals surface area contributed by atoms with E-state index in [9.17, 15) is 27.6 Å². The van der Waals surface area contributed by atoms with Gasteiger partial charge in [0.2, 0.25) is 5.91 Å². The third-order valence-electron chi connectivity index (χ3n) is 8.94. The SMILES string of the molecule is Cl.Cn1c(-c2cn(C3CCC3)nc2C(F)(F)F)cnc1C(=O)Nc1ccc(C(=O)N2CCN(C(=O)C3CCNCC3)CC2)c(Cl)c1. The number of benzene rings is 1. The summed E-state index contributed by atoms with van der Waals surface area (Å²) in [7, 11) is 1.46. The third-order valence-corrected chi connectivity index (χ3v) is 9.25. The lowest BCUT2D eigenvalue weighted by atomic mass is 9.93. The Labute approximate surface area is 274 Å². The third kappa shape index (κ3) is 6.74. The van der Waals surface area contributed by atoms with Crippen molar-refractivity contribution >= 4 is 47.4 Å². The first-order chi connectivity index (χ1) is 21.5. The van der Waals surface area contributed by atoms with Crippen LogP contribution in [-0.2, 0) is 18.0 Å². The Morgan fingerprint density at radius 2 is 1.70 bits per heavy atom. The molecular formula is C30H35Cl2F3N8O3. The molecule has 1 aliphatic carbocycles. The first-order valence-electron chi connectivity index (χ1n) is 15.1. The number of alkyl halides is 3. The molecule has 0 spiro atoms. The van der Waals surface area contributed by atoms with Gasteiger partial charge in [0, 0.05) is 51.0 Å². The van der Waals surface area contributed by atoms with Crippen molar-refractivity contribution in [1.82, 2.24) is 34.4 Å². The van der Waals surface area contributed by atoms with E-state index in [0.717, 1.165) is 45.2 Å². The molecule has 2 N–H and O–H groups in total. The zero-order valence-corrected chi connectivity index (χ0v) is 26.7. The highest BCUT2D eigenvalue weighted by Gasteiger charge is 2.40. The molecule has 4 heterocycles. The molecule has 0 radical (unpaired) electrons. The van der Waals surface area contributed by atoms with Crippen molar-refractivity contribution < 1.29 is 27.6 Å². The summed E-state index contributed by atoms with van der Waals surface area (Å²) in [5.74, 6) is -0.873. The van der Waals surface area contributed by atoms with E-state index in [4.69, 9.17) is 11.6 Å². The second kappa shape index (κ2) is 13.6. The van der Waals surface area contributed by atoms with Gasteiger partial charge in [0.25, 0.3) is 11.8 Å². The van der Waals surface area contributed by atoms with Crippen LogP contribution in [0.3, 0.4) is 0 Å². The number of hydrogen-bond donors (Lipinski definition) is 2. The summed E-state index contributed by atoms with van der Waals surface area (Å²) in [6, 6.07) is 4.41. The molecule has 11 nitrogen and oxygen atoms in total. The normalized spacial score (nSPS) is 17.8. The Bertz CT molecular complexity index is 1610. The number of aromatic nitrogens is 4. The molecule has 0 bridgehead atoms. The van der Waals surface area contributed by atoms with Crippen molar-refractivity contribution in [2.24, 2.45) is 13.0 Å². The van der Waals surface area contributed by atoms with E-state index in [1.807, 2.05) is 4.90 Å². The molecule has 1 aromatic carbocycles.